The van der Waals surface area contributed by atoms with Crippen molar-refractivity contribution in [3.63, 3.8) is 0 Å². The van der Waals surface area contributed by atoms with E-state index in [4.69, 9.17) is 0 Å². The highest BCUT2D eigenvalue weighted by Crippen LogP contribution is 2.21. The van der Waals surface area contributed by atoms with E-state index in [0.29, 0.717) is 18.9 Å². The van der Waals surface area contributed by atoms with Crippen LogP contribution < -0.4 is 0 Å². The van der Waals surface area contributed by atoms with Gasteiger partial charge in [0.05, 0.1) is 0 Å². The summed E-state index contributed by atoms with van der Waals surface area (Å²) in [6.07, 6.45) is 3.64. The Morgan fingerprint density at radius 1 is 1.20 bits per heavy atom. The lowest BCUT2D eigenvalue weighted by atomic mass is 10.1. The molecule has 0 spiro atoms. The molecule has 0 aromatic heterocycles. The molecule has 0 bridgehead atoms. The molecular weight excluding hydrogens is 255 g/mol. The van der Waals surface area contributed by atoms with Gasteiger partial charge in [0.2, 0.25) is 5.91 Å². The van der Waals surface area contributed by atoms with E-state index in [-0.39, 0.29) is 11.7 Å². The summed E-state index contributed by atoms with van der Waals surface area (Å²) in [6, 6.07) is 7.01. The van der Waals surface area contributed by atoms with Gasteiger partial charge in [0.1, 0.15) is 5.82 Å². The van der Waals surface area contributed by atoms with Crippen LogP contribution in [0.1, 0.15) is 24.8 Å². The van der Waals surface area contributed by atoms with Gasteiger partial charge in [-0.25, -0.2) is 4.39 Å². The Kier molecular flexibility index (Phi) is 4.01. The molecular formula is C16H21FN2O. The maximum absolute atomic E-state index is 12.8. The zero-order valence-electron chi connectivity index (χ0n) is 11.7. The van der Waals surface area contributed by atoms with E-state index in [1.165, 1.54) is 31.6 Å². The largest absolute Gasteiger partial charge is 0.341 e. The third-order valence-corrected chi connectivity index (χ3v) is 4.46. The van der Waals surface area contributed by atoms with Gasteiger partial charge in [-0.1, -0.05) is 12.1 Å². The second kappa shape index (κ2) is 5.92. The van der Waals surface area contributed by atoms with E-state index in [1.807, 2.05) is 4.90 Å². The summed E-state index contributed by atoms with van der Waals surface area (Å²) in [6.45, 7) is 4.18. The fourth-order valence-electron chi connectivity index (χ4n) is 3.03. The normalized spacial score (nSPS) is 22.9. The smallest absolute Gasteiger partial charge is 0.222 e. The van der Waals surface area contributed by atoms with E-state index in [9.17, 15) is 9.18 Å². The molecule has 2 aliphatic heterocycles. The molecule has 2 heterocycles. The number of hydrogen-bond acceptors (Lipinski definition) is 2. The maximum Gasteiger partial charge on any atom is 0.222 e. The topological polar surface area (TPSA) is 23.6 Å². The number of rotatable bonds is 4. The number of carbonyl (C=O) groups is 1. The number of hydrogen-bond donors (Lipinski definition) is 0. The molecule has 2 fully saturated rings. The summed E-state index contributed by atoms with van der Waals surface area (Å²) in [5, 5.41) is 0. The highest BCUT2D eigenvalue weighted by molar-refractivity contribution is 5.76. The zero-order valence-corrected chi connectivity index (χ0v) is 11.7. The van der Waals surface area contributed by atoms with E-state index in [1.54, 1.807) is 12.1 Å². The van der Waals surface area contributed by atoms with Crippen LogP contribution in [0.25, 0.3) is 0 Å². The number of likely N-dealkylation sites (tertiary alicyclic amines) is 2. The Bertz CT molecular complexity index is 470. The van der Waals surface area contributed by atoms with Gasteiger partial charge in [0, 0.05) is 25.6 Å². The average Bonchev–Trinajstić information content (AvgIpc) is 2.85. The summed E-state index contributed by atoms with van der Waals surface area (Å²) >= 11 is 0. The molecule has 0 saturated carbocycles. The van der Waals surface area contributed by atoms with Crippen molar-refractivity contribution in [2.75, 3.05) is 26.2 Å². The fraction of sp³-hybridized carbons (Fsp3) is 0.562. The minimum Gasteiger partial charge on any atom is -0.341 e. The van der Waals surface area contributed by atoms with Crippen molar-refractivity contribution < 1.29 is 9.18 Å². The van der Waals surface area contributed by atoms with Crippen molar-refractivity contribution in [2.45, 2.75) is 31.7 Å². The number of benzene rings is 1. The van der Waals surface area contributed by atoms with Crippen LogP contribution in [0.4, 0.5) is 4.39 Å². The summed E-state index contributed by atoms with van der Waals surface area (Å²) in [5.74, 6) is 0.00866. The Labute approximate surface area is 119 Å². The van der Waals surface area contributed by atoms with Crippen molar-refractivity contribution in [1.82, 2.24) is 9.80 Å². The van der Waals surface area contributed by atoms with Crippen LogP contribution in [0, 0.1) is 5.82 Å². The molecule has 20 heavy (non-hydrogen) atoms. The molecule has 4 heteroatoms. The van der Waals surface area contributed by atoms with Crippen LogP contribution in [0.15, 0.2) is 24.3 Å². The minimum absolute atomic E-state index is 0.225. The molecule has 1 aromatic carbocycles. The van der Waals surface area contributed by atoms with Gasteiger partial charge in [0.25, 0.3) is 0 Å². The van der Waals surface area contributed by atoms with Crippen LogP contribution in [0.3, 0.4) is 0 Å². The molecule has 2 saturated heterocycles. The monoisotopic (exact) mass is 276 g/mol. The van der Waals surface area contributed by atoms with Crippen LogP contribution in [0.2, 0.25) is 0 Å². The van der Waals surface area contributed by atoms with Crippen LogP contribution >= 0.6 is 0 Å². The number of aryl methyl sites for hydroxylation is 1. The number of carbonyl (C=O) groups excluding carboxylic acids is 1. The van der Waals surface area contributed by atoms with Gasteiger partial charge in [-0.3, -0.25) is 9.69 Å². The van der Waals surface area contributed by atoms with Crippen molar-refractivity contribution in [3.05, 3.63) is 35.6 Å². The first-order valence-electron chi connectivity index (χ1n) is 7.48. The van der Waals surface area contributed by atoms with Gasteiger partial charge in [-0.05, 0) is 50.0 Å². The van der Waals surface area contributed by atoms with Gasteiger partial charge >= 0.3 is 0 Å². The molecule has 1 atom stereocenters. The Balaban J connectivity index is 1.46. The lowest BCUT2D eigenvalue weighted by Crippen LogP contribution is -2.46. The molecule has 3 rings (SSSR count). The first-order chi connectivity index (χ1) is 9.72. The van der Waals surface area contributed by atoms with Crippen LogP contribution in [-0.4, -0.2) is 47.9 Å². The second-order valence-corrected chi connectivity index (χ2v) is 5.80. The number of amides is 1. The summed E-state index contributed by atoms with van der Waals surface area (Å²) in [4.78, 5) is 16.7. The molecule has 1 amide bonds. The molecule has 2 aliphatic rings. The molecule has 3 nitrogen and oxygen atoms in total. The van der Waals surface area contributed by atoms with E-state index < -0.39 is 0 Å². The van der Waals surface area contributed by atoms with Crippen LogP contribution in [0.5, 0.6) is 0 Å². The highest BCUT2D eigenvalue weighted by Gasteiger charge is 2.32. The third-order valence-electron chi connectivity index (χ3n) is 4.46. The highest BCUT2D eigenvalue weighted by atomic mass is 19.1. The average molecular weight is 276 g/mol. The summed E-state index contributed by atoms with van der Waals surface area (Å²) in [5.41, 5.74) is 1.03. The Morgan fingerprint density at radius 3 is 2.60 bits per heavy atom. The Morgan fingerprint density at radius 2 is 1.95 bits per heavy atom. The number of nitrogens with zero attached hydrogens (tertiary/aromatic N) is 2. The predicted octanol–water partition coefficient (Wildman–Crippen LogP) is 2.06. The van der Waals surface area contributed by atoms with Gasteiger partial charge in [-0.15, -0.1) is 0 Å². The SMILES string of the molecule is O=C(CCc1ccc(F)cc1)N1CCC(N2CCC2)C1. The van der Waals surface area contributed by atoms with E-state index in [0.717, 1.165) is 25.1 Å². The zero-order chi connectivity index (χ0) is 13.9. The van der Waals surface area contributed by atoms with Crippen molar-refractivity contribution >= 4 is 5.91 Å². The lowest BCUT2D eigenvalue weighted by molar-refractivity contribution is -0.130. The standard InChI is InChI=1S/C16H21FN2O/c17-14-5-2-13(3-6-14)4-7-16(20)19-11-8-15(12-19)18-9-1-10-18/h2-3,5-6,15H,1,4,7-12H2. The quantitative estimate of drug-likeness (QED) is 0.840. The molecule has 108 valence electrons. The molecule has 0 aliphatic carbocycles. The Hall–Kier alpha value is -1.42. The molecule has 1 aromatic rings. The fourth-order valence-corrected chi connectivity index (χ4v) is 3.03. The minimum atomic E-state index is -0.225. The third kappa shape index (κ3) is 3.01. The molecule has 0 radical (unpaired) electrons. The summed E-state index contributed by atoms with van der Waals surface area (Å²) < 4.78 is 12.8. The first kappa shape index (κ1) is 13.6. The van der Waals surface area contributed by atoms with Gasteiger partial charge in [0.15, 0.2) is 0 Å². The first-order valence-corrected chi connectivity index (χ1v) is 7.48. The summed E-state index contributed by atoms with van der Waals surface area (Å²) in [7, 11) is 0. The van der Waals surface area contributed by atoms with Gasteiger partial charge < -0.3 is 4.90 Å². The second-order valence-electron chi connectivity index (χ2n) is 5.80. The molecule has 1 unspecified atom stereocenters. The maximum atomic E-state index is 12.8. The van der Waals surface area contributed by atoms with Gasteiger partial charge in [-0.2, -0.15) is 0 Å². The lowest BCUT2D eigenvalue weighted by Gasteiger charge is -2.36. The van der Waals surface area contributed by atoms with Crippen molar-refractivity contribution in [1.29, 1.82) is 0 Å². The van der Waals surface area contributed by atoms with Crippen LogP contribution in [-0.2, 0) is 11.2 Å². The van der Waals surface area contributed by atoms with Crippen molar-refractivity contribution in [3.8, 4) is 0 Å². The predicted molar refractivity (Wildman–Crippen MR) is 75.9 cm³/mol. The van der Waals surface area contributed by atoms with E-state index >= 15 is 0 Å². The van der Waals surface area contributed by atoms with E-state index in [2.05, 4.69) is 4.90 Å². The molecule has 0 N–H and O–H groups in total. The van der Waals surface area contributed by atoms with Crippen molar-refractivity contribution in [2.24, 2.45) is 0 Å². The number of halogens is 1.